The van der Waals surface area contributed by atoms with E-state index in [1.807, 2.05) is 23.6 Å². The molecule has 0 unspecified atom stereocenters. The summed E-state index contributed by atoms with van der Waals surface area (Å²) in [6.07, 6.45) is 5.27. The zero-order valence-electron chi connectivity index (χ0n) is 10.3. The van der Waals surface area contributed by atoms with Crippen LogP contribution in [0.25, 0.3) is 5.65 Å². The standard InChI is InChI=1S/C11H13N7O/c1-7-4-8(19-17-7)5-14-10-11-13-2-3-18(11)6-9(15-10)16-12/h2-4,6,16H,5,12H2,1H3,(H,14,15). The molecule has 0 bridgehead atoms. The third-order valence-electron chi connectivity index (χ3n) is 2.63. The first kappa shape index (κ1) is 11.5. The van der Waals surface area contributed by atoms with E-state index in [9.17, 15) is 0 Å². The van der Waals surface area contributed by atoms with Gasteiger partial charge in [-0.25, -0.2) is 15.8 Å². The summed E-state index contributed by atoms with van der Waals surface area (Å²) in [7, 11) is 0. The number of nitrogens with one attached hydrogen (secondary N) is 2. The molecule has 8 heteroatoms. The molecule has 0 spiro atoms. The summed E-state index contributed by atoms with van der Waals surface area (Å²) in [4.78, 5) is 8.56. The van der Waals surface area contributed by atoms with Crippen LogP contribution < -0.4 is 16.6 Å². The van der Waals surface area contributed by atoms with Gasteiger partial charge in [-0.05, 0) is 6.92 Å². The molecule has 0 atom stereocenters. The highest BCUT2D eigenvalue weighted by Crippen LogP contribution is 2.16. The third-order valence-corrected chi connectivity index (χ3v) is 2.63. The summed E-state index contributed by atoms with van der Waals surface area (Å²) in [5, 5.41) is 6.98. The van der Waals surface area contributed by atoms with Gasteiger partial charge in [-0.1, -0.05) is 5.16 Å². The van der Waals surface area contributed by atoms with Gasteiger partial charge in [0.15, 0.2) is 23.0 Å². The highest BCUT2D eigenvalue weighted by atomic mass is 16.5. The number of nitrogens with two attached hydrogens (primary N) is 1. The minimum absolute atomic E-state index is 0.477. The summed E-state index contributed by atoms with van der Waals surface area (Å²) < 4.78 is 6.96. The van der Waals surface area contributed by atoms with Gasteiger partial charge in [0.05, 0.1) is 18.4 Å². The van der Waals surface area contributed by atoms with Crippen molar-refractivity contribution in [2.75, 3.05) is 10.7 Å². The van der Waals surface area contributed by atoms with Gasteiger partial charge >= 0.3 is 0 Å². The van der Waals surface area contributed by atoms with Crippen LogP contribution in [0, 0.1) is 6.92 Å². The lowest BCUT2D eigenvalue weighted by atomic mass is 10.4. The number of nitrogen functional groups attached to an aromatic ring is 1. The van der Waals surface area contributed by atoms with Crippen LogP contribution in [-0.4, -0.2) is 19.5 Å². The molecule has 19 heavy (non-hydrogen) atoms. The number of anilines is 2. The predicted octanol–water partition coefficient (Wildman–Crippen LogP) is 0.923. The number of fused-ring (bicyclic) bond motifs is 1. The van der Waals surface area contributed by atoms with Crippen LogP contribution in [0.4, 0.5) is 11.6 Å². The third kappa shape index (κ3) is 2.20. The van der Waals surface area contributed by atoms with Gasteiger partial charge in [-0.15, -0.1) is 0 Å². The average molecular weight is 259 g/mol. The highest BCUT2D eigenvalue weighted by molar-refractivity contribution is 5.65. The van der Waals surface area contributed by atoms with Crippen molar-refractivity contribution >= 4 is 17.3 Å². The number of aryl methyl sites for hydroxylation is 1. The lowest BCUT2D eigenvalue weighted by molar-refractivity contribution is 0.384. The van der Waals surface area contributed by atoms with E-state index in [0.717, 1.165) is 17.1 Å². The predicted molar refractivity (Wildman–Crippen MR) is 69.4 cm³/mol. The van der Waals surface area contributed by atoms with E-state index in [2.05, 4.69) is 25.9 Å². The molecule has 0 aliphatic heterocycles. The summed E-state index contributed by atoms with van der Waals surface area (Å²) >= 11 is 0. The molecule has 0 amide bonds. The zero-order valence-corrected chi connectivity index (χ0v) is 10.3. The molecule has 0 radical (unpaired) electrons. The van der Waals surface area contributed by atoms with Gasteiger partial charge in [0, 0.05) is 18.5 Å². The summed E-state index contributed by atoms with van der Waals surface area (Å²) in [6, 6.07) is 1.86. The second-order valence-electron chi connectivity index (χ2n) is 4.07. The highest BCUT2D eigenvalue weighted by Gasteiger charge is 2.08. The van der Waals surface area contributed by atoms with Crippen LogP contribution in [0.15, 0.2) is 29.2 Å². The fourth-order valence-corrected chi connectivity index (χ4v) is 1.79. The number of hydrazine groups is 1. The van der Waals surface area contributed by atoms with Gasteiger partial charge in [-0.3, -0.25) is 0 Å². The fourth-order valence-electron chi connectivity index (χ4n) is 1.79. The molecule has 3 aromatic heterocycles. The Balaban J connectivity index is 1.88. The van der Waals surface area contributed by atoms with Crippen molar-refractivity contribution in [2.24, 2.45) is 5.84 Å². The Hall–Kier alpha value is -2.61. The van der Waals surface area contributed by atoms with E-state index in [1.54, 1.807) is 12.4 Å². The number of imidazole rings is 1. The Bertz CT molecular complexity index is 702. The summed E-state index contributed by atoms with van der Waals surface area (Å²) in [5.41, 5.74) is 4.07. The number of aromatic nitrogens is 4. The number of hydrogen-bond donors (Lipinski definition) is 3. The molecule has 0 fully saturated rings. The molecule has 0 aliphatic rings. The first-order valence-electron chi connectivity index (χ1n) is 5.72. The smallest absolute Gasteiger partial charge is 0.180 e. The average Bonchev–Trinajstić information content (AvgIpc) is 3.04. The number of nitrogens with zero attached hydrogens (tertiary/aromatic N) is 4. The van der Waals surface area contributed by atoms with Crippen molar-refractivity contribution in [2.45, 2.75) is 13.5 Å². The van der Waals surface area contributed by atoms with E-state index < -0.39 is 0 Å². The molecule has 4 N–H and O–H groups in total. The van der Waals surface area contributed by atoms with Gasteiger partial charge in [0.1, 0.15) is 0 Å². The zero-order chi connectivity index (χ0) is 13.2. The quantitative estimate of drug-likeness (QED) is 0.472. The molecule has 8 nitrogen and oxygen atoms in total. The van der Waals surface area contributed by atoms with Crippen molar-refractivity contribution in [1.29, 1.82) is 0 Å². The molecule has 98 valence electrons. The van der Waals surface area contributed by atoms with E-state index >= 15 is 0 Å². The van der Waals surface area contributed by atoms with Crippen LogP contribution in [0.3, 0.4) is 0 Å². The Morgan fingerprint density at radius 1 is 1.47 bits per heavy atom. The van der Waals surface area contributed by atoms with Crippen molar-refractivity contribution < 1.29 is 4.52 Å². The van der Waals surface area contributed by atoms with Gasteiger partial charge in [0.2, 0.25) is 0 Å². The van der Waals surface area contributed by atoms with Crippen LogP contribution in [0.1, 0.15) is 11.5 Å². The lowest BCUT2D eigenvalue weighted by Crippen LogP contribution is -2.12. The minimum atomic E-state index is 0.477. The van der Waals surface area contributed by atoms with Crippen LogP contribution in [-0.2, 0) is 6.54 Å². The number of hydrogen-bond acceptors (Lipinski definition) is 7. The second-order valence-corrected chi connectivity index (χ2v) is 4.07. The largest absolute Gasteiger partial charge is 0.360 e. The maximum absolute atomic E-state index is 5.39. The fraction of sp³-hybridized carbons (Fsp3) is 0.182. The Kier molecular flexibility index (Phi) is 2.76. The van der Waals surface area contributed by atoms with Gasteiger partial charge < -0.3 is 19.7 Å². The second kappa shape index (κ2) is 4.58. The summed E-state index contributed by atoms with van der Waals surface area (Å²) in [5.74, 6) is 7.28. The van der Waals surface area contributed by atoms with Crippen LogP contribution in [0.2, 0.25) is 0 Å². The van der Waals surface area contributed by atoms with Crippen molar-refractivity contribution in [3.05, 3.63) is 36.1 Å². The topological polar surface area (TPSA) is 106 Å². The van der Waals surface area contributed by atoms with Gasteiger partial charge in [0.25, 0.3) is 0 Å². The van der Waals surface area contributed by atoms with Crippen molar-refractivity contribution in [3.8, 4) is 0 Å². The molecule has 3 heterocycles. The van der Waals surface area contributed by atoms with E-state index in [1.165, 1.54) is 0 Å². The number of rotatable bonds is 4. The van der Waals surface area contributed by atoms with Crippen LogP contribution >= 0.6 is 0 Å². The Labute approximate surface area is 108 Å². The maximum Gasteiger partial charge on any atom is 0.180 e. The monoisotopic (exact) mass is 259 g/mol. The molecular weight excluding hydrogens is 246 g/mol. The molecule has 0 aromatic carbocycles. The molecule has 3 rings (SSSR count). The minimum Gasteiger partial charge on any atom is -0.360 e. The van der Waals surface area contributed by atoms with E-state index in [4.69, 9.17) is 10.4 Å². The Morgan fingerprint density at radius 3 is 3.11 bits per heavy atom. The first-order valence-corrected chi connectivity index (χ1v) is 5.72. The van der Waals surface area contributed by atoms with E-state index in [-0.39, 0.29) is 0 Å². The summed E-state index contributed by atoms with van der Waals surface area (Å²) in [6.45, 7) is 2.35. The van der Waals surface area contributed by atoms with Crippen LogP contribution in [0.5, 0.6) is 0 Å². The molecule has 0 aliphatic carbocycles. The van der Waals surface area contributed by atoms with Gasteiger partial charge in [-0.2, -0.15) is 0 Å². The van der Waals surface area contributed by atoms with Crippen molar-refractivity contribution in [3.63, 3.8) is 0 Å². The van der Waals surface area contributed by atoms with E-state index in [0.29, 0.717) is 18.2 Å². The van der Waals surface area contributed by atoms with Crippen molar-refractivity contribution in [1.82, 2.24) is 19.5 Å². The normalized spacial score (nSPS) is 10.8. The molecule has 3 aromatic rings. The lowest BCUT2D eigenvalue weighted by Gasteiger charge is -2.07. The first-order chi connectivity index (χ1) is 9.26. The Morgan fingerprint density at radius 2 is 2.37 bits per heavy atom. The maximum atomic E-state index is 5.39. The molecular formula is C11H13N7O. The SMILES string of the molecule is Cc1cc(CNc2nc(NN)cn3ccnc23)on1. The molecule has 0 saturated heterocycles. The molecule has 0 saturated carbocycles.